The molecule has 8 heteroatoms. The molecule has 0 heterocycles. The van der Waals surface area contributed by atoms with Crippen molar-refractivity contribution in [2.75, 3.05) is 10.6 Å². The highest BCUT2D eigenvalue weighted by Crippen LogP contribution is 2.27. The van der Waals surface area contributed by atoms with Crippen molar-refractivity contribution in [3.63, 3.8) is 0 Å². The first-order valence-electron chi connectivity index (χ1n) is 12.6. The SMILES string of the molecule is Cc1cccc(NC(=O)C(C)Sc2cccc(NC(=O)/C(=C/c3cccc(Cl)c3)NC(=O)c3ccccc3)c2)c1. The molecule has 1 atom stereocenters. The van der Waals surface area contributed by atoms with E-state index in [1.165, 1.54) is 11.8 Å². The van der Waals surface area contributed by atoms with Crippen LogP contribution in [0.4, 0.5) is 11.4 Å². The standard InChI is InChI=1S/C32H28ClN3O3S/c1-21-9-6-14-26(17-21)34-30(37)22(2)40-28-16-8-15-27(20-28)35-32(39)29(19-23-10-7-13-25(33)18-23)36-31(38)24-11-4-3-5-12-24/h3-20,22H,1-2H3,(H,34,37)(H,35,39)(H,36,38)/b29-19-. The Balaban J connectivity index is 1.48. The molecule has 0 saturated heterocycles. The van der Waals surface area contributed by atoms with Crippen molar-refractivity contribution in [2.45, 2.75) is 24.0 Å². The number of carbonyl (C=O) groups excluding carboxylic acids is 3. The van der Waals surface area contributed by atoms with Crippen LogP contribution in [0.1, 0.15) is 28.4 Å². The van der Waals surface area contributed by atoms with E-state index in [9.17, 15) is 14.4 Å². The van der Waals surface area contributed by atoms with Gasteiger partial charge in [0.25, 0.3) is 11.8 Å². The summed E-state index contributed by atoms with van der Waals surface area (Å²) >= 11 is 7.50. The van der Waals surface area contributed by atoms with Gasteiger partial charge >= 0.3 is 0 Å². The van der Waals surface area contributed by atoms with Crippen LogP contribution < -0.4 is 16.0 Å². The van der Waals surface area contributed by atoms with Gasteiger partial charge in [-0.3, -0.25) is 14.4 Å². The number of benzene rings is 4. The Kier molecular flexibility index (Phi) is 9.78. The average Bonchev–Trinajstić information content (AvgIpc) is 2.93. The van der Waals surface area contributed by atoms with E-state index in [0.29, 0.717) is 21.8 Å². The number of aryl methyl sites for hydroxylation is 1. The maximum atomic E-state index is 13.3. The lowest BCUT2D eigenvalue weighted by molar-refractivity contribution is -0.115. The van der Waals surface area contributed by atoms with Crippen LogP contribution in [0.2, 0.25) is 5.02 Å². The zero-order chi connectivity index (χ0) is 28.5. The molecule has 3 amide bonds. The van der Waals surface area contributed by atoms with Gasteiger partial charge < -0.3 is 16.0 Å². The Labute approximate surface area is 242 Å². The molecule has 4 aromatic rings. The van der Waals surface area contributed by atoms with Gasteiger partial charge in [0, 0.05) is 26.9 Å². The summed E-state index contributed by atoms with van der Waals surface area (Å²) in [5.74, 6) is -1.04. The summed E-state index contributed by atoms with van der Waals surface area (Å²) in [4.78, 5) is 39.7. The van der Waals surface area contributed by atoms with Crippen molar-refractivity contribution in [1.29, 1.82) is 0 Å². The summed E-state index contributed by atoms with van der Waals surface area (Å²) in [5, 5.41) is 8.64. The summed E-state index contributed by atoms with van der Waals surface area (Å²) in [6.45, 7) is 3.79. The fourth-order valence-corrected chi connectivity index (χ4v) is 4.90. The van der Waals surface area contributed by atoms with Crippen LogP contribution in [0.25, 0.3) is 6.08 Å². The van der Waals surface area contributed by atoms with Gasteiger partial charge in [-0.05, 0) is 85.6 Å². The average molecular weight is 570 g/mol. The van der Waals surface area contributed by atoms with Crippen molar-refractivity contribution >= 4 is 58.5 Å². The second-order valence-electron chi connectivity index (χ2n) is 9.03. The van der Waals surface area contributed by atoms with Gasteiger partial charge in [-0.2, -0.15) is 0 Å². The highest BCUT2D eigenvalue weighted by molar-refractivity contribution is 8.00. The molecule has 0 saturated carbocycles. The molecule has 1 unspecified atom stereocenters. The lowest BCUT2D eigenvalue weighted by Gasteiger charge is -2.14. The minimum Gasteiger partial charge on any atom is -0.325 e. The maximum Gasteiger partial charge on any atom is 0.272 e. The van der Waals surface area contributed by atoms with E-state index in [1.54, 1.807) is 72.8 Å². The molecule has 0 aliphatic carbocycles. The van der Waals surface area contributed by atoms with E-state index in [1.807, 2.05) is 50.2 Å². The number of nitrogens with one attached hydrogen (secondary N) is 3. The highest BCUT2D eigenvalue weighted by Gasteiger charge is 2.17. The lowest BCUT2D eigenvalue weighted by Crippen LogP contribution is -2.30. The first-order chi connectivity index (χ1) is 19.3. The molecule has 0 radical (unpaired) electrons. The first kappa shape index (κ1) is 28.7. The molecule has 40 heavy (non-hydrogen) atoms. The van der Waals surface area contributed by atoms with Gasteiger partial charge in [0.2, 0.25) is 5.91 Å². The van der Waals surface area contributed by atoms with Crippen LogP contribution in [-0.2, 0) is 9.59 Å². The van der Waals surface area contributed by atoms with Gasteiger partial charge in [-0.15, -0.1) is 11.8 Å². The number of carbonyl (C=O) groups is 3. The maximum absolute atomic E-state index is 13.3. The summed E-state index contributed by atoms with van der Waals surface area (Å²) in [6, 6.07) is 30.5. The third-order valence-corrected chi connectivity index (χ3v) is 7.08. The van der Waals surface area contributed by atoms with E-state index in [4.69, 9.17) is 11.6 Å². The molecule has 4 aromatic carbocycles. The van der Waals surface area contributed by atoms with Crippen molar-refractivity contribution in [2.24, 2.45) is 0 Å². The smallest absolute Gasteiger partial charge is 0.272 e. The Morgan fingerprint density at radius 3 is 2.23 bits per heavy atom. The van der Waals surface area contributed by atoms with Gasteiger partial charge in [0.15, 0.2) is 0 Å². The fourth-order valence-electron chi connectivity index (χ4n) is 3.78. The van der Waals surface area contributed by atoms with Crippen LogP contribution in [0.5, 0.6) is 0 Å². The Bertz CT molecular complexity index is 1560. The summed E-state index contributed by atoms with van der Waals surface area (Å²) in [5.41, 5.74) is 3.46. The van der Waals surface area contributed by atoms with Gasteiger partial charge in [-0.25, -0.2) is 0 Å². The minimum atomic E-state index is -0.503. The van der Waals surface area contributed by atoms with Crippen LogP contribution in [-0.4, -0.2) is 23.0 Å². The molecule has 6 nitrogen and oxygen atoms in total. The molecule has 0 aromatic heterocycles. The van der Waals surface area contributed by atoms with E-state index in [2.05, 4.69) is 16.0 Å². The lowest BCUT2D eigenvalue weighted by atomic mass is 10.1. The van der Waals surface area contributed by atoms with Gasteiger partial charge in [-0.1, -0.05) is 60.1 Å². The van der Waals surface area contributed by atoms with Crippen molar-refractivity contribution < 1.29 is 14.4 Å². The molecule has 202 valence electrons. The molecule has 0 aliphatic heterocycles. The number of amides is 3. The predicted molar refractivity (Wildman–Crippen MR) is 164 cm³/mol. The number of thioether (sulfide) groups is 1. The molecule has 0 aliphatic rings. The van der Waals surface area contributed by atoms with E-state index >= 15 is 0 Å². The highest BCUT2D eigenvalue weighted by atomic mass is 35.5. The van der Waals surface area contributed by atoms with Crippen molar-refractivity contribution in [3.8, 4) is 0 Å². The number of hydrogen-bond donors (Lipinski definition) is 3. The van der Waals surface area contributed by atoms with E-state index < -0.39 is 11.8 Å². The third kappa shape index (κ3) is 8.33. The van der Waals surface area contributed by atoms with E-state index in [0.717, 1.165) is 16.1 Å². The Hall–Kier alpha value is -4.33. The largest absolute Gasteiger partial charge is 0.325 e. The first-order valence-corrected chi connectivity index (χ1v) is 13.8. The second kappa shape index (κ2) is 13.6. The Morgan fingerprint density at radius 2 is 1.50 bits per heavy atom. The topological polar surface area (TPSA) is 87.3 Å². The third-order valence-electron chi connectivity index (χ3n) is 5.75. The Morgan fingerprint density at radius 1 is 0.800 bits per heavy atom. The normalized spacial score (nSPS) is 11.8. The summed E-state index contributed by atoms with van der Waals surface area (Å²) in [7, 11) is 0. The second-order valence-corrected chi connectivity index (χ2v) is 10.9. The molecular weight excluding hydrogens is 542 g/mol. The summed E-state index contributed by atoms with van der Waals surface area (Å²) in [6.07, 6.45) is 1.57. The van der Waals surface area contributed by atoms with Crippen molar-refractivity contribution in [1.82, 2.24) is 5.32 Å². The molecular formula is C32H28ClN3O3S. The van der Waals surface area contributed by atoms with Gasteiger partial charge in [0.1, 0.15) is 5.70 Å². The van der Waals surface area contributed by atoms with Crippen LogP contribution in [0, 0.1) is 6.92 Å². The number of halogens is 1. The minimum absolute atomic E-state index is 0.0556. The predicted octanol–water partition coefficient (Wildman–Crippen LogP) is 7.18. The quantitative estimate of drug-likeness (QED) is 0.147. The molecule has 0 bridgehead atoms. The number of rotatable bonds is 9. The zero-order valence-electron chi connectivity index (χ0n) is 22.0. The molecule has 4 rings (SSSR count). The summed E-state index contributed by atoms with van der Waals surface area (Å²) < 4.78 is 0. The van der Waals surface area contributed by atoms with E-state index in [-0.39, 0.29) is 16.9 Å². The molecule has 3 N–H and O–H groups in total. The van der Waals surface area contributed by atoms with Crippen LogP contribution in [0.3, 0.4) is 0 Å². The zero-order valence-corrected chi connectivity index (χ0v) is 23.6. The number of anilines is 2. The fraction of sp³-hybridized carbons (Fsp3) is 0.0938. The van der Waals surface area contributed by atoms with Crippen LogP contribution in [0.15, 0.2) is 114 Å². The number of hydrogen-bond acceptors (Lipinski definition) is 4. The van der Waals surface area contributed by atoms with Crippen molar-refractivity contribution in [3.05, 3.63) is 131 Å². The van der Waals surface area contributed by atoms with Crippen LogP contribution >= 0.6 is 23.4 Å². The molecule has 0 spiro atoms. The molecule has 0 fully saturated rings. The monoisotopic (exact) mass is 569 g/mol. The van der Waals surface area contributed by atoms with Gasteiger partial charge in [0.05, 0.1) is 5.25 Å².